The summed E-state index contributed by atoms with van der Waals surface area (Å²) in [7, 11) is 0. The second-order valence-electron chi connectivity index (χ2n) is 4.51. The van der Waals surface area contributed by atoms with E-state index in [1.165, 1.54) is 36.4 Å². The first-order chi connectivity index (χ1) is 11.4. The first-order valence-corrected chi connectivity index (χ1v) is 6.48. The first kappa shape index (κ1) is 16.7. The Morgan fingerprint density at radius 2 is 0.958 bits per heavy atom. The minimum absolute atomic E-state index is 0.123. The molecule has 24 heavy (non-hydrogen) atoms. The van der Waals surface area contributed by atoms with Crippen molar-refractivity contribution in [3.8, 4) is 0 Å². The van der Waals surface area contributed by atoms with Crippen LogP contribution in [0.2, 0.25) is 0 Å². The molecule has 0 fully saturated rings. The molecule has 0 heterocycles. The third-order valence-electron chi connectivity index (χ3n) is 2.88. The van der Waals surface area contributed by atoms with Crippen molar-refractivity contribution in [1.82, 2.24) is 0 Å². The fourth-order valence-corrected chi connectivity index (χ4v) is 1.73. The van der Waals surface area contributed by atoms with Gasteiger partial charge in [-0.25, -0.2) is 29.0 Å². The van der Waals surface area contributed by atoms with E-state index in [9.17, 15) is 19.2 Å². The Labute approximate surface area is 134 Å². The summed E-state index contributed by atoms with van der Waals surface area (Å²) in [5.41, 5.74) is -0.515. The maximum atomic E-state index is 11.7. The topological polar surface area (TPSA) is 127 Å². The molecule has 0 bridgehead atoms. The van der Waals surface area contributed by atoms with Crippen molar-refractivity contribution in [3.05, 3.63) is 70.8 Å². The zero-order valence-electron chi connectivity index (χ0n) is 12.0. The van der Waals surface area contributed by atoms with Crippen molar-refractivity contribution in [1.29, 1.82) is 0 Å². The Hall–Kier alpha value is -3.68. The maximum Gasteiger partial charge on any atom is 0.386 e. The molecule has 0 saturated carbocycles. The van der Waals surface area contributed by atoms with E-state index in [-0.39, 0.29) is 22.3 Å². The van der Waals surface area contributed by atoms with E-state index in [4.69, 9.17) is 10.2 Å². The van der Waals surface area contributed by atoms with E-state index in [0.29, 0.717) is 0 Å². The van der Waals surface area contributed by atoms with Gasteiger partial charge in [-0.15, -0.1) is 0 Å². The Balaban J connectivity index is 2.05. The van der Waals surface area contributed by atoms with E-state index in [1.54, 1.807) is 0 Å². The number of aromatic carboxylic acids is 2. The third-order valence-corrected chi connectivity index (χ3v) is 2.88. The third kappa shape index (κ3) is 3.95. The van der Waals surface area contributed by atoms with Crippen molar-refractivity contribution >= 4 is 23.9 Å². The summed E-state index contributed by atoms with van der Waals surface area (Å²) in [6.07, 6.45) is 0. The Morgan fingerprint density at radius 3 is 1.29 bits per heavy atom. The predicted octanol–water partition coefficient (Wildman–Crippen LogP) is 2.01. The number of carboxylic acid groups (broad SMARTS) is 2. The Kier molecular flexibility index (Phi) is 4.90. The molecule has 0 unspecified atom stereocenters. The number of carboxylic acids is 2. The normalized spacial score (nSPS) is 9.83. The molecule has 0 amide bonds. The van der Waals surface area contributed by atoms with Gasteiger partial charge in [-0.05, 0) is 36.4 Å². The van der Waals surface area contributed by atoms with Crippen LogP contribution in [0.15, 0.2) is 48.5 Å². The average molecular weight is 330 g/mol. The average Bonchev–Trinajstić information content (AvgIpc) is 2.59. The largest absolute Gasteiger partial charge is 0.478 e. The summed E-state index contributed by atoms with van der Waals surface area (Å²) in [6.45, 7) is 0. The van der Waals surface area contributed by atoms with Crippen LogP contribution in [-0.4, -0.2) is 34.1 Å². The lowest BCUT2D eigenvalue weighted by atomic mass is 10.1. The van der Waals surface area contributed by atoms with Crippen LogP contribution >= 0.6 is 0 Å². The van der Waals surface area contributed by atoms with E-state index >= 15 is 0 Å². The fourth-order valence-electron chi connectivity index (χ4n) is 1.73. The molecule has 2 rings (SSSR count). The molecular weight excluding hydrogens is 320 g/mol. The smallest absolute Gasteiger partial charge is 0.386 e. The van der Waals surface area contributed by atoms with Gasteiger partial charge in [0.2, 0.25) is 0 Å². The van der Waals surface area contributed by atoms with E-state index in [2.05, 4.69) is 9.78 Å². The number of rotatable bonds is 4. The molecule has 0 aliphatic carbocycles. The highest BCUT2D eigenvalue weighted by Crippen LogP contribution is 2.10. The van der Waals surface area contributed by atoms with E-state index in [1.807, 2.05) is 0 Å². The number of benzene rings is 2. The lowest BCUT2D eigenvalue weighted by molar-refractivity contribution is -0.187. The van der Waals surface area contributed by atoms with Crippen molar-refractivity contribution in [3.63, 3.8) is 0 Å². The molecule has 122 valence electrons. The number of hydrogen-bond acceptors (Lipinski definition) is 6. The molecule has 0 aromatic heterocycles. The molecule has 0 atom stereocenters. The second-order valence-corrected chi connectivity index (χ2v) is 4.51. The predicted molar refractivity (Wildman–Crippen MR) is 77.6 cm³/mol. The Morgan fingerprint density at radius 1 is 0.625 bits per heavy atom. The standard InChI is InChI=1S/C16H10O8/c17-13(18)9-3-1-5-11(7-9)15(21)23-24-16(22)12-6-2-4-10(8-12)14(19)20/h1-8H,(H,17,18)(H,19,20). The molecule has 8 heteroatoms. The molecular formula is C16H10O8. The summed E-state index contributed by atoms with van der Waals surface area (Å²) in [5, 5.41) is 17.7. The number of carbonyl (C=O) groups is 4. The van der Waals surface area contributed by atoms with Crippen LogP contribution in [0.3, 0.4) is 0 Å². The van der Waals surface area contributed by atoms with Gasteiger partial charge >= 0.3 is 23.9 Å². The lowest BCUT2D eigenvalue weighted by Crippen LogP contribution is -2.13. The van der Waals surface area contributed by atoms with Crippen LogP contribution in [0.4, 0.5) is 0 Å². The van der Waals surface area contributed by atoms with Gasteiger partial charge in [0.05, 0.1) is 22.3 Å². The van der Waals surface area contributed by atoms with Gasteiger partial charge in [-0.3, -0.25) is 0 Å². The Bertz CT molecular complexity index is 755. The van der Waals surface area contributed by atoms with Gasteiger partial charge in [0.25, 0.3) is 0 Å². The van der Waals surface area contributed by atoms with E-state index in [0.717, 1.165) is 12.1 Å². The van der Waals surface area contributed by atoms with Gasteiger partial charge in [0, 0.05) is 0 Å². The zero-order valence-corrected chi connectivity index (χ0v) is 12.0. The van der Waals surface area contributed by atoms with Gasteiger partial charge in [0.15, 0.2) is 0 Å². The van der Waals surface area contributed by atoms with Crippen LogP contribution in [-0.2, 0) is 9.78 Å². The van der Waals surface area contributed by atoms with Gasteiger partial charge in [0.1, 0.15) is 0 Å². The van der Waals surface area contributed by atoms with Gasteiger partial charge in [-0.1, -0.05) is 12.1 Å². The van der Waals surface area contributed by atoms with Crippen LogP contribution < -0.4 is 0 Å². The highest BCUT2D eigenvalue weighted by atomic mass is 17.2. The van der Waals surface area contributed by atoms with Crippen LogP contribution in [0.5, 0.6) is 0 Å². The summed E-state index contributed by atoms with van der Waals surface area (Å²) in [6, 6.07) is 9.91. The van der Waals surface area contributed by atoms with Crippen molar-refractivity contribution in [2.45, 2.75) is 0 Å². The molecule has 2 aromatic carbocycles. The van der Waals surface area contributed by atoms with Crippen LogP contribution in [0.25, 0.3) is 0 Å². The first-order valence-electron chi connectivity index (χ1n) is 6.48. The van der Waals surface area contributed by atoms with Crippen LogP contribution in [0.1, 0.15) is 41.4 Å². The summed E-state index contributed by atoms with van der Waals surface area (Å²) in [4.78, 5) is 53.8. The van der Waals surface area contributed by atoms with Gasteiger partial charge in [-0.2, -0.15) is 0 Å². The quantitative estimate of drug-likeness (QED) is 0.643. The lowest BCUT2D eigenvalue weighted by Gasteiger charge is -2.04. The van der Waals surface area contributed by atoms with E-state index < -0.39 is 23.9 Å². The second kappa shape index (κ2) is 7.05. The summed E-state index contributed by atoms with van der Waals surface area (Å²) < 4.78 is 0. The van der Waals surface area contributed by atoms with Gasteiger partial charge < -0.3 is 10.2 Å². The molecule has 0 aliphatic heterocycles. The zero-order chi connectivity index (χ0) is 17.7. The molecule has 8 nitrogen and oxygen atoms in total. The molecule has 0 spiro atoms. The number of hydrogen-bond donors (Lipinski definition) is 2. The maximum absolute atomic E-state index is 11.7. The molecule has 0 radical (unpaired) electrons. The monoisotopic (exact) mass is 330 g/mol. The van der Waals surface area contributed by atoms with Crippen molar-refractivity contribution in [2.75, 3.05) is 0 Å². The molecule has 2 N–H and O–H groups in total. The highest BCUT2D eigenvalue weighted by molar-refractivity contribution is 5.96. The molecule has 0 saturated heterocycles. The fraction of sp³-hybridized carbons (Fsp3) is 0. The summed E-state index contributed by atoms with van der Waals surface area (Å²) >= 11 is 0. The SMILES string of the molecule is O=C(O)c1cccc(C(=O)OOC(=O)c2cccc(C(=O)O)c2)c1. The molecule has 2 aromatic rings. The van der Waals surface area contributed by atoms with Crippen molar-refractivity contribution < 1.29 is 39.2 Å². The highest BCUT2D eigenvalue weighted by Gasteiger charge is 2.16. The van der Waals surface area contributed by atoms with Crippen LogP contribution in [0, 0.1) is 0 Å². The minimum Gasteiger partial charge on any atom is -0.478 e. The van der Waals surface area contributed by atoms with Crippen molar-refractivity contribution in [2.24, 2.45) is 0 Å². The summed E-state index contributed by atoms with van der Waals surface area (Å²) in [5.74, 6) is -4.60. The number of carbonyl (C=O) groups excluding carboxylic acids is 2. The minimum atomic E-state index is -1.23. The molecule has 0 aliphatic rings.